The maximum absolute atomic E-state index is 5.35. The third-order valence-electron chi connectivity index (χ3n) is 3.78. The largest absolute Gasteiger partial charge is 0.493 e. The molecule has 0 bridgehead atoms. The lowest BCUT2D eigenvalue weighted by molar-refractivity contribution is 0.259. The van der Waals surface area contributed by atoms with Gasteiger partial charge in [-0.1, -0.05) is 5.16 Å². The Morgan fingerprint density at radius 2 is 2.00 bits per heavy atom. The van der Waals surface area contributed by atoms with E-state index in [0.29, 0.717) is 29.8 Å². The lowest BCUT2D eigenvalue weighted by Gasteiger charge is -2.12. The molecule has 0 N–H and O–H groups in total. The zero-order valence-corrected chi connectivity index (χ0v) is 13.2. The molecule has 6 nitrogen and oxygen atoms in total. The van der Waals surface area contributed by atoms with Crippen molar-refractivity contribution in [2.45, 2.75) is 19.4 Å². The number of ether oxygens (including phenoxy) is 2. The highest BCUT2D eigenvalue weighted by molar-refractivity contribution is 5.60. The van der Waals surface area contributed by atoms with Crippen LogP contribution in [0.25, 0.3) is 11.4 Å². The maximum Gasteiger partial charge on any atom is 0.241 e. The van der Waals surface area contributed by atoms with Gasteiger partial charge in [-0.3, -0.25) is 4.90 Å². The first-order chi connectivity index (χ1) is 10.7. The molecule has 1 heterocycles. The second-order valence-corrected chi connectivity index (χ2v) is 5.72. The molecule has 3 rings (SSSR count). The van der Waals surface area contributed by atoms with Crippen LogP contribution in [0.15, 0.2) is 22.7 Å². The number of aromatic nitrogens is 2. The fourth-order valence-electron chi connectivity index (χ4n) is 2.45. The molecular formula is C16H21N3O3. The van der Waals surface area contributed by atoms with Gasteiger partial charge in [0, 0.05) is 12.1 Å². The summed E-state index contributed by atoms with van der Waals surface area (Å²) < 4.78 is 15.9. The lowest BCUT2D eigenvalue weighted by Crippen LogP contribution is -2.20. The van der Waals surface area contributed by atoms with Crippen molar-refractivity contribution < 1.29 is 14.0 Å². The molecule has 0 amide bonds. The molecule has 0 spiro atoms. The van der Waals surface area contributed by atoms with E-state index in [1.807, 2.05) is 18.2 Å². The third-order valence-corrected chi connectivity index (χ3v) is 3.78. The molecule has 6 heteroatoms. The van der Waals surface area contributed by atoms with Crippen LogP contribution in [0.4, 0.5) is 0 Å². The molecule has 0 unspecified atom stereocenters. The first kappa shape index (κ1) is 14.8. The van der Waals surface area contributed by atoms with Gasteiger partial charge in [-0.15, -0.1) is 0 Å². The highest BCUT2D eigenvalue weighted by Gasteiger charge is 2.23. The van der Waals surface area contributed by atoms with Gasteiger partial charge in [0.25, 0.3) is 0 Å². The predicted molar refractivity (Wildman–Crippen MR) is 81.9 cm³/mol. The van der Waals surface area contributed by atoms with Gasteiger partial charge in [0.1, 0.15) is 0 Å². The number of nitrogens with zero attached hydrogens (tertiary/aromatic N) is 3. The molecule has 1 aliphatic rings. The average molecular weight is 303 g/mol. The standard InChI is InChI=1S/C16H21N3O3/c1-19(9-11-4-5-11)10-15-17-16(18-22-15)12-6-7-13(20-2)14(8-12)21-3/h6-8,11H,4-5,9-10H2,1-3H3. The minimum Gasteiger partial charge on any atom is -0.493 e. The van der Waals surface area contributed by atoms with Crippen molar-refractivity contribution in [3.05, 3.63) is 24.1 Å². The van der Waals surface area contributed by atoms with Crippen LogP contribution in [0, 0.1) is 5.92 Å². The van der Waals surface area contributed by atoms with Crippen LogP contribution in [0.2, 0.25) is 0 Å². The molecule has 0 saturated heterocycles. The van der Waals surface area contributed by atoms with Gasteiger partial charge in [0.2, 0.25) is 11.7 Å². The Bertz CT molecular complexity index is 637. The molecule has 0 radical (unpaired) electrons. The van der Waals surface area contributed by atoms with Crippen LogP contribution in [0.5, 0.6) is 11.5 Å². The first-order valence-electron chi connectivity index (χ1n) is 7.43. The molecule has 1 aromatic carbocycles. The molecule has 0 aliphatic heterocycles. The maximum atomic E-state index is 5.35. The minimum atomic E-state index is 0.566. The van der Waals surface area contributed by atoms with Crippen molar-refractivity contribution in [2.75, 3.05) is 27.8 Å². The van der Waals surface area contributed by atoms with Gasteiger partial charge in [-0.05, 0) is 44.0 Å². The summed E-state index contributed by atoms with van der Waals surface area (Å²) in [4.78, 5) is 6.69. The van der Waals surface area contributed by atoms with Crippen molar-refractivity contribution >= 4 is 0 Å². The topological polar surface area (TPSA) is 60.6 Å². The molecule has 0 atom stereocenters. The molecular weight excluding hydrogens is 282 g/mol. The van der Waals surface area contributed by atoms with E-state index >= 15 is 0 Å². The number of hydrogen-bond donors (Lipinski definition) is 0. The van der Waals surface area contributed by atoms with Crippen LogP contribution in [-0.2, 0) is 6.54 Å². The number of benzene rings is 1. The average Bonchev–Trinajstić information content (AvgIpc) is 3.22. The van der Waals surface area contributed by atoms with E-state index in [9.17, 15) is 0 Å². The molecule has 22 heavy (non-hydrogen) atoms. The molecule has 1 fully saturated rings. The Labute approximate surface area is 130 Å². The summed E-state index contributed by atoms with van der Waals surface area (Å²) >= 11 is 0. The zero-order valence-electron chi connectivity index (χ0n) is 13.2. The van der Waals surface area contributed by atoms with E-state index in [0.717, 1.165) is 18.0 Å². The van der Waals surface area contributed by atoms with Gasteiger partial charge in [-0.2, -0.15) is 4.98 Å². The Kier molecular flexibility index (Phi) is 4.29. The minimum absolute atomic E-state index is 0.566. The van der Waals surface area contributed by atoms with Crippen molar-refractivity contribution in [1.29, 1.82) is 0 Å². The molecule has 2 aromatic rings. The van der Waals surface area contributed by atoms with Crippen LogP contribution < -0.4 is 9.47 Å². The summed E-state index contributed by atoms with van der Waals surface area (Å²) in [6.45, 7) is 1.77. The summed E-state index contributed by atoms with van der Waals surface area (Å²) in [5.74, 6) is 3.37. The van der Waals surface area contributed by atoms with Crippen molar-refractivity contribution in [3.63, 3.8) is 0 Å². The highest BCUT2D eigenvalue weighted by atomic mass is 16.5. The normalized spacial score (nSPS) is 14.4. The van der Waals surface area contributed by atoms with Crippen LogP contribution in [0.1, 0.15) is 18.7 Å². The summed E-state index contributed by atoms with van der Waals surface area (Å²) in [6, 6.07) is 5.58. The molecule has 1 saturated carbocycles. The Morgan fingerprint density at radius 1 is 1.23 bits per heavy atom. The SMILES string of the molecule is COc1ccc(-c2noc(CN(C)CC3CC3)n2)cc1OC. The fourth-order valence-corrected chi connectivity index (χ4v) is 2.45. The smallest absolute Gasteiger partial charge is 0.241 e. The quantitative estimate of drug-likeness (QED) is 0.783. The van der Waals surface area contributed by atoms with Gasteiger partial charge in [0.15, 0.2) is 11.5 Å². The highest BCUT2D eigenvalue weighted by Crippen LogP contribution is 2.31. The zero-order chi connectivity index (χ0) is 15.5. The van der Waals surface area contributed by atoms with Crippen molar-refractivity contribution in [1.82, 2.24) is 15.0 Å². The third kappa shape index (κ3) is 3.39. The Morgan fingerprint density at radius 3 is 2.68 bits per heavy atom. The fraction of sp³-hybridized carbons (Fsp3) is 0.500. The van der Waals surface area contributed by atoms with Crippen molar-refractivity contribution in [2.24, 2.45) is 5.92 Å². The Hall–Kier alpha value is -2.08. The van der Waals surface area contributed by atoms with Crippen LogP contribution >= 0.6 is 0 Å². The van der Waals surface area contributed by atoms with E-state index in [2.05, 4.69) is 22.1 Å². The first-order valence-corrected chi connectivity index (χ1v) is 7.43. The van der Waals surface area contributed by atoms with E-state index in [4.69, 9.17) is 14.0 Å². The van der Waals surface area contributed by atoms with E-state index in [1.54, 1.807) is 14.2 Å². The van der Waals surface area contributed by atoms with Crippen LogP contribution in [0.3, 0.4) is 0 Å². The van der Waals surface area contributed by atoms with Gasteiger partial charge >= 0.3 is 0 Å². The lowest BCUT2D eigenvalue weighted by atomic mass is 10.2. The summed E-state index contributed by atoms with van der Waals surface area (Å²) in [5.41, 5.74) is 0.845. The number of methoxy groups -OCH3 is 2. The number of rotatable bonds is 7. The predicted octanol–water partition coefficient (Wildman–Crippen LogP) is 2.60. The van der Waals surface area contributed by atoms with Gasteiger partial charge in [0.05, 0.1) is 20.8 Å². The number of hydrogen-bond acceptors (Lipinski definition) is 6. The van der Waals surface area contributed by atoms with Crippen molar-refractivity contribution in [3.8, 4) is 22.9 Å². The summed E-state index contributed by atoms with van der Waals surface area (Å²) in [5, 5.41) is 4.06. The van der Waals surface area contributed by atoms with Gasteiger partial charge < -0.3 is 14.0 Å². The van der Waals surface area contributed by atoms with Gasteiger partial charge in [-0.25, -0.2) is 0 Å². The molecule has 118 valence electrons. The summed E-state index contributed by atoms with van der Waals surface area (Å²) in [7, 11) is 5.30. The molecule has 1 aromatic heterocycles. The van der Waals surface area contributed by atoms with E-state index in [1.165, 1.54) is 12.8 Å². The summed E-state index contributed by atoms with van der Waals surface area (Å²) in [6.07, 6.45) is 2.68. The monoisotopic (exact) mass is 303 g/mol. The second-order valence-electron chi connectivity index (χ2n) is 5.72. The molecule has 1 aliphatic carbocycles. The Balaban J connectivity index is 1.72. The van der Waals surface area contributed by atoms with E-state index in [-0.39, 0.29) is 0 Å². The van der Waals surface area contributed by atoms with Crippen LogP contribution in [-0.4, -0.2) is 42.9 Å². The second kappa shape index (κ2) is 6.36. The van der Waals surface area contributed by atoms with E-state index < -0.39 is 0 Å².